The highest BCUT2D eigenvalue weighted by molar-refractivity contribution is 5.55. The Labute approximate surface area is 232 Å². The van der Waals surface area contributed by atoms with Crippen LogP contribution in [-0.2, 0) is 12.8 Å². The van der Waals surface area contributed by atoms with Crippen LogP contribution >= 0.6 is 0 Å². The number of aromatic hydroxyl groups is 6. The molecule has 11 nitrogen and oxygen atoms in total. The molecule has 0 saturated heterocycles. The van der Waals surface area contributed by atoms with E-state index in [0.717, 1.165) is 6.07 Å². The lowest BCUT2D eigenvalue weighted by Gasteiger charge is -2.32. The number of hydrogen-bond acceptors (Lipinski definition) is 11. The molecule has 0 fully saturated rings. The number of phenols is 6. The summed E-state index contributed by atoms with van der Waals surface area (Å²) in [5.74, 6) is -1.02. The minimum Gasteiger partial charge on any atom is -0.508 e. The molecule has 11 heteroatoms. The van der Waals surface area contributed by atoms with Crippen molar-refractivity contribution >= 4 is 0 Å². The number of phenolic OH excluding ortho intramolecular Hbond substituents is 6. The molecule has 41 heavy (non-hydrogen) atoms. The summed E-state index contributed by atoms with van der Waals surface area (Å²) < 4.78 is 17.7. The highest BCUT2D eigenvalue weighted by Gasteiger charge is 2.34. The number of benzene rings is 4. The van der Waals surface area contributed by atoms with Crippen LogP contribution in [0.25, 0.3) is 0 Å². The van der Waals surface area contributed by atoms with Gasteiger partial charge >= 0.3 is 0 Å². The third kappa shape index (κ3) is 4.81. The van der Waals surface area contributed by atoms with Crippen LogP contribution in [0.4, 0.5) is 0 Å². The Bertz CT molecular complexity index is 1650. The molecule has 4 aromatic rings. The van der Waals surface area contributed by atoms with Crippen molar-refractivity contribution in [2.75, 3.05) is 0 Å². The maximum atomic E-state index is 10.8. The first kappa shape index (κ1) is 26.2. The summed E-state index contributed by atoms with van der Waals surface area (Å²) in [5, 5.41) is 82.0. The summed E-state index contributed by atoms with van der Waals surface area (Å²) in [6.07, 6.45) is -3.83. The van der Waals surface area contributed by atoms with Gasteiger partial charge in [0.25, 0.3) is 0 Å². The van der Waals surface area contributed by atoms with E-state index in [2.05, 4.69) is 0 Å². The Balaban J connectivity index is 1.28. The summed E-state index contributed by atoms with van der Waals surface area (Å²) in [6.45, 7) is 0. The summed E-state index contributed by atoms with van der Waals surface area (Å²) in [6, 6.07) is 13.7. The molecular formula is C30H26O11. The summed E-state index contributed by atoms with van der Waals surface area (Å²) in [7, 11) is 0. The Morgan fingerprint density at radius 2 is 1.12 bits per heavy atom. The lowest BCUT2D eigenvalue weighted by molar-refractivity contribution is 0.0195. The first-order valence-corrected chi connectivity index (χ1v) is 12.7. The van der Waals surface area contributed by atoms with Crippen molar-refractivity contribution in [3.8, 4) is 57.5 Å². The zero-order chi connectivity index (χ0) is 29.0. The molecule has 0 radical (unpaired) electrons. The van der Waals surface area contributed by atoms with Crippen LogP contribution in [0.1, 0.15) is 34.5 Å². The SMILES string of the molecule is Oc1cc(O)c2c(c1)O[C@H](c1ccc(O)c(Oc3cc(O)c4c(c3)O[C@H](c3ccc(O)c(O)c3)[C@H](O)C4)c1)[C@H](O)C2. The van der Waals surface area contributed by atoms with Crippen molar-refractivity contribution in [1.29, 1.82) is 0 Å². The van der Waals surface area contributed by atoms with Gasteiger partial charge in [-0.25, -0.2) is 0 Å². The van der Waals surface area contributed by atoms with Gasteiger partial charge in [-0.05, 0) is 35.4 Å². The molecule has 6 rings (SSSR count). The predicted molar refractivity (Wildman–Crippen MR) is 142 cm³/mol. The normalized spacial score (nSPS) is 21.2. The zero-order valence-corrected chi connectivity index (χ0v) is 21.3. The largest absolute Gasteiger partial charge is 0.508 e. The van der Waals surface area contributed by atoms with Crippen molar-refractivity contribution in [3.63, 3.8) is 0 Å². The lowest BCUT2D eigenvalue weighted by Crippen LogP contribution is -2.30. The molecule has 2 aliphatic heterocycles. The maximum absolute atomic E-state index is 10.8. The van der Waals surface area contributed by atoms with E-state index in [1.807, 2.05) is 0 Å². The van der Waals surface area contributed by atoms with Crippen molar-refractivity contribution in [1.82, 2.24) is 0 Å². The Hall–Kier alpha value is -5.00. The van der Waals surface area contributed by atoms with E-state index in [4.69, 9.17) is 14.2 Å². The standard InChI is InChI=1S/C30H26O11/c31-15-7-21(34)17-11-25(38)30(40-26(17)8-15)14-2-4-20(33)28(6-14)39-16-9-22(35)18-12-24(37)29(41-27(18)10-16)13-1-3-19(32)23(36)5-13/h1-10,24-25,29-38H,11-12H2/t24-,25-,29-,30-/m1/s1. The van der Waals surface area contributed by atoms with Crippen LogP contribution in [0.2, 0.25) is 0 Å². The summed E-state index contributed by atoms with van der Waals surface area (Å²) >= 11 is 0. The highest BCUT2D eigenvalue weighted by atomic mass is 16.5. The zero-order valence-electron chi connectivity index (χ0n) is 21.3. The third-order valence-corrected chi connectivity index (χ3v) is 7.23. The molecule has 4 atom stereocenters. The molecular weight excluding hydrogens is 536 g/mol. The molecule has 0 saturated carbocycles. The molecule has 2 aliphatic rings. The van der Waals surface area contributed by atoms with Gasteiger partial charge in [0.05, 0.1) is 12.2 Å². The van der Waals surface area contributed by atoms with Gasteiger partial charge in [-0.3, -0.25) is 0 Å². The molecule has 0 amide bonds. The monoisotopic (exact) mass is 562 g/mol. The van der Waals surface area contributed by atoms with Gasteiger partial charge in [0, 0.05) is 48.2 Å². The Kier molecular flexibility index (Phi) is 6.32. The van der Waals surface area contributed by atoms with Crippen molar-refractivity contribution in [2.24, 2.45) is 0 Å². The van der Waals surface area contributed by atoms with Crippen LogP contribution in [0.5, 0.6) is 57.5 Å². The van der Waals surface area contributed by atoms with Crippen LogP contribution in [0.15, 0.2) is 60.7 Å². The number of ether oxygens (including phenoxy) is 3. The Morgan fingerprint density at radius 3 is 1.76 bits per heavy atom. The average Bonchev–Trinajstić information content (AvgIpc) is 2.92. The minimum absolute atomic E-state index is 0.0157. The molecule has 212 valence electrons. The van der Waals surface area contributed by atoms with Crippen molar-refractivity contribution < 1.29 is 55.1 Å². The molecule has 0 aliphatic carbocycles. The summed E-state index contributed by atoms with van der Waals surface area (Å²) in [4.78, 5) is 0. The number of rotatable bonds is 4. The fourth-order valence-electron chi connectivity index (χ4n) is 5.18. The third-order valence-electron chi connectivity index (χ3n) is 7.23. The maximum Gasteiger partial charge on any atom is 0.169 e. The average molecular weight is 563 g/mol. The van der Waals surface area contributed by atoms with E-state index in [-0.39, 0.29) is 70.3 Å². The van der Waals surface area contributed by atoms with Gasteiger partial charge in [0.2, 0.25) is 0 Å². The first-order valence-electron chi connectivity index (χ1n) is 12.7. The molecule has 0 bridgehead atoms. The van der Waals surface area contributed by atoms with Crippen molar-refractivity contribution in [3.05, 3.63) is 82.9 Å². The van der Waals surface area contributed by atoms with Crippen LogP contribution in [0.3, 0.4) is 0 Å². The molecule has 0 aromatic heterocycles. The number of aliphatic hydroxyl groups excluding tert-OH is 2. The second kappa shape index (κ2) is 9.88. The van der Waals surface area contributed by atoms with Crippen LogP contribution < -0.4 is 14.2 Å². The smallest absolute Gasteiger partial charge is 0.169 e. The predicted octanol–water partition coefficient (Wildman–Crippen LogP) is 3.79. The molecule has 0 spiro atoms. The van der Waals surface area contributed by atoms with E-state index >= 15 is 0 Å². The van der Waals surface area contributed by atoms with Gasteiger partial charge in [0.1, 0.15) is 46.7 Å². The fraction of sp³-hybridized carbons (Fsp3) is 0.200. The van der Waals surface area contributed by atoms with Gasteiger partial charge in [-0.1, -0.05) is 12.1 Å². The number of fused-ring (bicyclic) bond motifs is 2. The summed E-state index contributed by atoms with van der Waals surface area (Å²) in [5.41, 5.74) is 1.54. The highest BCUT2D eigenvalue weighted by Crippen LogP contribution is 2.46. The topological polar surface area (TPSA) is 190 Å². The molecule has 4 aromatic carbocycles. The van der Waals surface area contributed by atoms with E-state index in [9.17, 15) is 40.9 Å². The number of hydrogen-bond donors (Lipinski definition) is 8. The second-order valence-electron chi connectivity index (χ2n) is 10.1. The van der Waals surface area contributed by atoms with Crippen LogP contribution in [0, 0.1) is 0 Å². The van der Waals surface area contributed by atoms with Crippen molar-refractivity contribution in [2.45, 2.75) is 37.3 Å². The number of aliphatic hydroxyl groups is 2. The fourth-order valence-corrected chi connectivity index (χ4v) is 5.18. The molecule has 0 unspecified atom stereocenters. The van der Waals surface area contributed by atoms with Crippen LogP contribution in [-0.4, -0.2) is 53.1 Å². The van der Waals surface area contributed by atoms with Gasteiger partial charge < -0.3 is 55.1 Å². The van der Waals surface area contributed by atoms with Gasteiger partial charge in [0.15, 0.2) is 23.0 Å². The molecule has 2 heterocycles. The van der Waals surface area contributed by atoms with E-state index in [0.29, 0.717) is 22.3 Å². The lowest BCUT2D eigenvalue weighted by atomic mass is 9.93. The molecule has 8 N–H and O–H groups in total. The van der Waals surface area contributed by atoms with E-state index < -0.39 is 24.4 Å². The van der Waals surface area contributed by atoms with Gasteiger partial charge in [-0.15, -0.1) is 0 Å². The van der Waals surface area contributed by atoms with Gasteiger partial charge in [-0.2, -0.15) is 0 Å². The van der Waals surface area contributed by atoms with E-state index in [1.54, 1.807) is 0 Å². The second-order valence-corrected chi connectivity index (χ2v) is 10.1. The quantitative estimate of drug-likeness (QED) is 0.169. The first-order chi connectivity index (χ1) is 19.6. The van der Waals surface area contributed by atoms with E-state index in [1.165, 1.54) is 54.6 Å². The Morgan fingerprint density at radius 1 is 0.561 bits per heavy atom. The minimum atomic E-state index is -1.06.